The molecule has 0 saturated carbocycles. The van der Waals surface area contributed by atoms with E-state index in [1.165, 1.54) is 15.6 Å². The molecule has 0 saturated heterocycles. The summed E-state index contributed by atoms with van der Waals surface area (Å²) >= 11 is 0. The molecule has 0 atom stereocenters. The van der Waals surface area contributed by atoms with Crippen LogP contribution in [0.3, 0.4) is 0 Å². The summed E-state index contributed by atoms with van der Waals surface area (Å²) < 4.78 is 1.34. The van der Waals surface area contributed by atoms with E-state index >= 15 is 0 Å². The summed E-state index contributed by atoms with van der Waals surface area (Å²) in [4.78, 5) is 15.2. The van der Waals surface area contributed by atoms with Gasteiger partial charge in [0.2, 0.25) is 0 Å². The molecule has 22 heavy (non-hydrogen) atoms. The second kappa shape index (κ2) is 5.33. The Labute approximate surface area is 129 Å². The van der Waals surface area contributed by atoms with Gasteiger partial charge in [-0.05, 0) is 36.6 Å². The normalized spacial score (nSPS) is 11.3. The van der Waals surface area contributed by atoms with Crippen molar-refractivity contribution in [1.82, 2.24) is 14.8 Å². The van der Waals surface area contributed by atoms with Gasteiger partial charge in [0.25, 0.3) is 5.56 Å². The fourth-order valence-corrected chi connectivity index (χ4v) is 2.63. The second-order valence-corrected chi connectivity index (χ2v) is 5.90. The molecule has 114 valence electrons. The molecule has 2 heterocycles. The zero-order valence-corrected chi connectivity index (χ0v) is 13.3. The number of fused-ring (bicyclic) bond motifs is 1. The van der Waals surface area contributed by atoms with Gasteiger partial charge in [-0.25, -0.2) is 4.68 Å². The molecule has 0 radical (unpaired) electrons. The van der Waals surface area contributed by atoms with Crippen molar-refractivity contribution in [2.45, 2.75) is 26.7 Å². The van der Waals surface area contributed by atoms with Gasteiger partial charge in [0.15, 0.2) is 0 Å². The van der Waals surface area contributed by atoms with E-state index in [0.717, 1.165) is 16.9 Å². The fourth-order valence-electron chi connectivity index (χ4n) is 2.63. The summed E-state index contributed by atoms with van der Waals surface area (Å²) in [6.45, 7) is 6.16. The number of hydrogen-bond acceptors (Lipinski definition) is 3. The minimum absolute atomic E-state index is 0.0874. The molecule has 0 bridgehead atoms. The summed E-state index contributed by atoms with van der Waals surface area (Å²) in [7, 11) is 1.65. The Morgan fingerprint density at radius 3 is 2.82 bits per heavy atom. The van der Waals surface area contributed by atoms with E-state index in [1.54, 1.807) is 20.2 Å². The molecule has 0 spiro atoms. The van der Waals surface area contributed by atoms with Gasteiger partial charge in [0.1, 0.15) is 0 Å². The number of benzene rings is 1. The van der Waals surface area contributed by atoms with Crippen LogP contribution in [0.15, 0.2) is 35.4 Å². The summed E-state index contributed by atoms with van der Waals surface area (Å²) in [6, 6.07) is 6.16. The van der Waals surface area contributed by atoms with Gasteiger partial charge >= 0.3 is 0 Å². The predicted molar refractivity (Wildman–Crippen MR) is 89.9 cm³/mol. The quantitative estimate of drug-likeness (QED) is 0.778. The van der Waals surface area contributed by atoms with Crippen LogP contribution >= 0.6 is 0 Å². The van der Waals surface area contributed by atoms with Gasteiger partial charge in [-0.3, -0.25) is 4.79 Å². The molecule has 5 nitrogen and oxygen atoms in total. The molecular formula is C17H20N4O. The molecule has 5 heteroatoms. The second-order valence-electron chi connectivity index (χ2n) is 5.90. The highest BCUT2D eigenvalue weighted by atomic mass is 16.1. The molecule has 0 aliphatic heterocycles. The number of hydrogen-bond donors (Lipinski definition) is 2. The van der Waals surface area contributed by atoms with Gasteiger partial charge in [-0.15, -0.1) is 0 Å². The van der Waals surface area contributed by atoms with Crippen LogP contribution in [0.4, 0.5) is 11.4 Å². The molecule has 0 amide bonds. The van der Waals surface area contributed by atoms with E-state index < -0.39 is 0 Å². The van der Waals surface area contributed by atoms with Crippen LogP contribution in [0, 0.1) is 6.92 Å². The average Bonchev–Trinajstić information content (AvgIpc) is 2.91. The van der Waals surface area contributed by atoms with Crippen molar-refractivity contribution in [2.24, 2.45) is 7.05 Å². The van der Waals surface area contributed by atoms with Crippen molar-refractivity contribution >= 4 is 22.3 Å². The van der Waals surface area contributed by atoms with E-state index in [1.807, 2.05) is 12.1 Å². The first-order valence-electron chi connectivity index (χ1n) is 7.38. The minimum Gasteiger partial charge on any atom is -0.361 e. The highest BCUT2D eigenvalue weighted by Crippen LogP contribution is 2.28. The zero-order valence-electron chi connectivity index (χ0n) is 13.3. The van der Waals surface area contributed by atoms with Crippen molar-refractivity contribution < 1.29 is 0 Å². The molecule has 3 rings (SSSR count). The van der Waals surface area contributed by atoms with Gasteiger partial charge < -0.3 is 10.3 Å². The maximum atomic E-state index is 11.9. The SMILES string of the molecule is Cc1c(Nc2ccc3[nH]cc(C(C)C)c3c2)cnn(C)c1=O. The van der Waals surface area contributed by atoms with Crippen molar-refractivity contribution in [3.63, 3.8) is 0 Å². The first-order valence-corrected chi connectivity index (χ1v) is 7.38. The highest BCUT2D eigenvalue weighted by molar-refractivity contribution is 5.87. The first kappa shape index (κ1) is 14.4. The fraction of sp³-hybridized carbons (Fsp3) is 0.294. The summed E-state index contributed by atoms with van der Waals surface area (Å²) in [5, 5.41) is 8.57. The van der Waals surface area contributed by atoms with E-state index in [9.17, 15) is 4.79 Å². The molecular weight excluding hydrogens is 276 g/mol. The number of aromatic amines is 1. The lowest BCUT2D eigenvalue weighted by atomic mass is 10.0. The largest absolute Gasteiger partial charge is 0.361 e. The number of rotatable bonds is 3. The van der Waals surface area contributed by atoms with Crippen molar-refractivity contribution in [1.29, 1.82) is 0 Å². The van der Waals surface area contributed by atoms with Crippen molar-refractivity contribution in [3.05, 3.63) is 52.1 Å². The summed E-state index contributed by atoms with van der Waals surface area (Å²) in [5.41, 5.74) is 4.67. The van der Waals surface area contributed by atoms with Gasteiger partial charge in [-0.1, -0.05) is 13.8 Å². The van der Waals surface area contributed by atoms with E-state index in [2.05, 4.69) is 41.5 Å². The lowest BCUT2D eigenvalue weighted by Crippen LogP contribution is -2.22. The molecule has 0 aliphatic carbocycles. The number of aromatic nitrogens is 3. The topological polar surface area (TPSA) is 62.7 Å². The van der Waals surface area contributed by atoms with Crippen molar-refractivity contribution in [2.75, 3.05) is 5.32 Å². The highest BCUT2D eigenvalue weighted by Gasteiger charge is 2.09. The monoisotopic (exact) mass is 296 g/mol. The standard InChI is InChI=1S/C17H20N4O/c1-10(2)14-8-18-15-6-5-12(7-13(14)15)20-16-9-19-21(4)17(22)11(16)3/h5-10,18,20H,1-4H3. The first-order chi connectivity index (χ1) is 10.5. The van der Waals surface area contributed by atoms with Crippen molar-refractivity contribution in [3.8, 4) is 0 Å². The van der Waals surface area contributed by atoms with Gasteiger partial charge in [0.05, 0.1) is 11.9 Å². The van der Waals surface area contributed by atoms with E-state index in [-0.39, 0.29) is 5.56 Å². The lowest BCUT2D eigenvalue weighted by molar-refractivity contribution is 0.702. The average molecular weight is 296 g/mol. The maximum absolute atomic E-state index is 11.9. The summed E-state index contributed by atoms with van der Waals surface area (Å²) in [5.74, 6) is 0.455. The Hall–Kier alpha value is -2.56. The van der Waals surface area contributed by atoms with Crippen LogP contribution in [0.25, 0.3) is 10.9 Å². The smallest absolute Gasteiger partial charge is 0.271 e. The van der Waals surface area contributed by atoms with Crippen LogP contribution in [0.5, 0.6) is 0 Å². The number of nitrogens with one attached hydrogen (secondary N) is 2. The zero-order chi connectivity index (χ0) is 15.9. The van der Waals surface area contributed by atoms with Crippen LogP contribution in [-0.2, 0) is 7.05 Å². The number of anilines is 2. The Balaban J connectivity index is 2.03. The molecule has 2 aromatic heterocycles. The Morgan fingerprint density at radius 1 is 1.32 bits per heavy atom. The van der Waals surface area contributed by atoms with Gasteiger partial charge in [0, 0.05) is 35.4 Å². The Morgan fingerprint density at radius 2 is 2.09 bits per heavy atom. The molecule has 0 aliphatic rings. The lowest BCUT2D eigenvalue weighted by Gasteiger charge is -2.10. The Kier molecular flexibility index (Phi) is 3.48. The number of H-pyrrole nitrogens is 1. The van der Waals surface area contributed by atoms with Crippen LogP contribution in [-0.4, -0.2) is 14.8 Å². The third-order valence-corrected chi connectivity index (χ3v) is 3.99. The Bertz CT molecular complexity index is 889. The minimum atomic E-state index is -0.0874. The number of aryl methyl sites for hydroxylation is 1. The van der Waals surface area contributed by atoms with Crippen LogP contribution in [0.2, 0.25) is 0 Å². The molecule has 3 aromatic rings. The number of nitrogens with zero attached hydrogens (tertiary/aromatic N) is 2. The molecule has 0 unspecified atom stereocenters. The van der Waals surface area contributed by atoms with Crippen LogP contribution in [0.1, 0.15) is 30.9 Å². The third kappa shape index (κ3) is 2.39. The maximum Gasteiger partial charge on any atom is 0.271 e. The third-order valence-electron chi connectivity index (χ3n) is 3.99. The predicted octanol–water partition coefficient (Wildman–Crippen LogP) is 3.44. The van der Waals surface area contributed by atoms with Gasteiger partial charge in [-0.2, -0.15) is 5.10 Å². The summed E-state index contributed by atoms with van der Waals surface area (Å²) in [6.07, 6.45) is 3.74. The van der Waals surface area contributed by atoms with Crippen LogP contribution < -0.4 is 10.9 Å². The molecule has 2 N–H and O–H groups in total. The van der Waals surface area contributed by atoms with E-state index in [0.29, 0.717) is 11.5 Å². The van der Waals surface area contributed by atoms with E-state index in [4.69, 9.17) is 0 Å². The molecule has 1 aromatic carbocycles. The molecule has 0 fully saturated rings.